The molecule has 2 heterocycles. The summed E-state index contributed by atoms with van der Waals surface area (Å²) in [6.07, 6.45) is 5.32. The van der Waals surface area contributed by atoms with E-state index in [1.165, 1.54) is 0 Å². The highest BCUT2D eigenvalue weighted by Crippen LogP contribution is 2.39. The van der Waals surface area contributed by atoms with Gasteiger partial charge in [-0.05, 0) is 0 Å². The molecule has 0 fully saturated rings. The maximum atomic E-state index is 6.43. The Balaban J connectivity index is 2.57. The highest BCUT2D eigenvalue weighted by Gasteiger charge is 2.44. The minimum absolute atomic E-state index is 0.150. The smallest absolute Gasteiger partial charge is 0.253 e. The molecule has 1 atom stereocenters. The lowest BCUT2D eigenvalue weighted by Gasteiger charge is -2.19. The highest BCUT2D eigenvalue weighted by molar-refractivity contribution is 14.1. The number of aliphatic imine (C=N–C) groups is 2. The van der Waals surface area contributed by atoms with Crippen molar-refractivity contribution in [3.05, 3.63) is 23.8 Å². The van der Waals surface area contributed by atoms with Crippen molar-refractivity contribution in [3.8, 4) is 0 Å². The molecule has 0 bridgehead atoms. The van der Waals surface area contributed by atoms with Crippen LogP contribution >= 0.6 is 34.4 Å². The van der Waals surface area contributed by atoms with Gasteiger partial charge in [-0.3, -0.25) is 4.99 Å². The first-order chi connectivity index (χ1) is 6.55. The monoisotopic (exact) mass is 322 g/mol. The van der Waals surface area contributed by atoms with Crippen molar-refractivity contribution in [2.24, 2.45) is 15.9 Å². The molecule has 3 nitrogen and oxygen atoms in total. The van der Waals surface area contributed by atoms with Gasteiger partial charge in [0.05, 0.1) is 35.0 Å². The normalized spacial score (nSPS) is 29.9. The van der Waals surface area contributed by atoms with E-state index in [2.05, 4.69) is 46.4 Å². The third-order valence-electron chi connectivity index (χ3n) is 2.20. The van der Waals surface area contributed by atoms with Gasteiger partial charge in [0.2, 0.25) is 5.70 Å². The molecule has 0 aromatic heterocycles. The van der Waals surface area contributed by atoms with Crippen LogP contribution in [0.1, 0.15) is 13.8 Å². The minimum atomic E-state index is 0.150. The zero-order chi connectivity index (χ0) is 10.3. The van der Waals surface area contributed by atoms with E-state index in [9.17, 15) is 0 Å². The van der Waals surface area contributed by atoms with Crippen molar-refractivity contribution in [2.45, 2.75) is 13.8 Å². The summed E-state index contributed by atoms with van der Waals surface area (Å²) in [5.74, 6) is 0.367. The quantitative estimate of drug-likeness (QED) is 0.402. The van der Waals surface area contributed by atoms with Crippen LogP contribution < -0.4 is 0 Å². The molecular weight excluding hydrogens is 312 g/mol. The molecule has 5 heteroatoms. The van der Waals surface area contributed by atoms with Crippen LogP contribution in [0, 0.1) is 5.92 Å². The fourth-order valence-electron chi connectivity index (χ4n) is 1.46. The van der Waals surface area contributed by atoms with Gasteiger partial charge in [-0.2, -0.15) is 4.99 Å². The molecule has 0 amide bonds. The predicted molar refractivity (Wildman–Crippen MR) is 67.1 cm³/mol. The average Bonchev–Trinajstić information content (AvgIpc) is 2.40. The van der Waals surface area contributed by atoms with Gasteiger partial charge in [0.25, 0.3) is 3.84 Å². The van der Waals surface area contributed by atoms with Gasteiger partial charge in [0, 0.05) is 5.92 Å². The fraction of sp³-hybridized carbons (Fsp3) is 0.333. The summed E-state index contributed by atoms with van der Waals surface area (Å²) in [7, 11) is 0. The molecule has 0 spiro atoms. The third kappa shape index (κ3) is 1.36. The van der Waals surface area contributed by atoms with Crippen LogP contribution in [0.3, 0.4) is 0 Å². The molecule has 0 aromatic rings. The van der Waals surface area contributed by atoms with Crippen LogP contribution in [-0.4, -0.2) is 14.1 Å². The summed E-state index contributed by atoms with van der Waals surface area (Å²) >= 11 is 8.59. The highest BCUT2D eigenvalue weighted by atomic mass is 127. The van der Waals surface area contributed by atoms with Crippen LogP contribution in [0.4, 0.5) is 0 Å². The van der Waals surface area contributed by atoms with Crippen molar-refractivity contribution >= 4 is 44.4 Å². The van der Waals surface area contributed by atoms with Crippen molar-refractivity contribution in [1.29, 1.82) is 0 Å². The molecule has 0 saturated carbocycles. The van der Waals surface area contributed by atoms with Gasteiger partial charge >= 0.3 is 0 Å². The number of nitrogens with zero attached hydrogens (tertiary/aromatic N) is 3. The lowest BCUT2D eigenvalue weighted by molar-refractivity contribution is -0.594. The Hall–Kier alpha value is -0.200. The largest absolute Gasteiger partial charge is 0.292 e. The molecule has 2 aliphatic rings. The molecule has 0 saturated heterocycles. The standard InChI is InChI=1S/C9H10ClIN3/c1-6(2)8-7-5-12-3-4-14(7,10)9(11)13-8/h3-6H,1-2H3/q+1. The van der Waals surface area contributed by atoms with E-state index in [1.54, 1.807) is 12.4 Å². The molecule has 2 rings (SSSR count). The number of hydrogen-bond donors (Lipinski definition) is 0. The maximum absolute atomic E-state index is 6.43. The van der Waals surface area contributed by atoms with E-state index in [0.29, 0.717) is 5.92 Å². The van der Waals surface area contributed by atoms with Crippen molar-refractivity contribution in [1.82, 2.24) is 0 Å². The second kappa shape index (κ2) is 3.43. The Morgan fingerprint density at radius 3 is 2.86 bits per heavy atom. The first-order valence-electron chi connectivity index (χ1n) is 4.34. The van der Waals surface area contributed by atoms with Gasteiger partial charge in [0.1, 0.15) is 11.9 Å². The summed E-state index contributed by atoms with van der Waals surface area (Å²) in [6, 6.07) is 0. The predicted octanol–water partition coefficient (Wildman–Crippen LogP) is 3.18. The number of allylic oxidation sites excluding steroid dienone is 2. The van der Waals surface area contributed by atoms with E-state index in [-0.39, 0.29) is 4.00 Å². The summed E-state index contributed by atoms with van der Waals surface area (Å²) in [4.78, 5) is 8.58. The Kier molecular flexibility index (Phi) is 2.53. The van der Waals surface area contributed by atoms with E-state index in [1.807, 2.05) is 6.20 Å². The zero-order valence-electron chi connectivity index (χ0n) is 7.91. The number of rotatable bonds is 1. The van der Waals surface area contributed by atoms with Crippen molar-refractivity contribution < 1.29 is 4.00 Å². The van der Waals surface area contributed by atoms with Crippen LogP contribution in [0.2, 0.25) is 0 Å². The van der Waals surface area contributed by atoms with Gasteiger partial charge in [0.15, 0.2) is 11.8 Å². The Labute approximate surface area is 102 Å². The SMILES string of the molecule is CC(C)C1=C2C=NC=C[N+]2(Cl)C(I)=N1. The summed E-state index contributed by atoms with van der Waals surface area (Å²) in [5, 5.41) is 0. The fourth-order valence-corrected chi connectivity index (χ4v) is 2.36. The number of hydrogen-bond acceptors (Lipinski definition) is 2. The minimum Gasteiger partial charge on any atom is -0.253 e. The lowest BCUT2D eigenvalue weighted by atomic mass is 10.1. The van der Waals surface area contributed by atoms with Gasteiger partial charge in [-0.1, -0.05) is 13.8 Å². The zero-order valence-corrected chi connectivity index (χ0v) is 10.8. The van der Waals surface area contributed by atoms with Crippen molar-refractivity contribution in [2.75, 3.05) is 0 Å². The number of quaternary nitrogens is 1. The molecule has 74 valence electrons. The molecule has 1 unspecified atom stereocenters. The summed E-state index contributed by atoms with van der Waals surface area (Å²) in [5.41, 5.74) is 1.99. The average molecular weight is 323 g/mol. The van der Waals surface area contributed by atoms with Gasteiger partial charge < -0.3 is 0 Å². The molecule has 14 heavy (non-hydrogen) atoms. The van der Waals surface area contributed by atoms with Crippen LogP contribution in [0.5, 0.6) is 0 Å². The Morgan fingerprint density at radius 1 is 1.50 bits per heavy atom. The Morgan fingerprint density at radius 2 is 2.21 bits per heavy atom. The molecular formula is C9H10ClIN3+. The van der Waals surface area contributed by atoms with E-state index in [4.69, 9.17) is 11.8 Å². The van der Waals surface area contributed by atoms with Gasteiger partial charge in [-0.15, -0.1) is 4.00 Å². The molecule has 2 aliphatic heterocycles. The first-order valence-corrected chi connectivity index (χ1v) is 5.76. The topological polar surface area (TPSA) is 24.7 Å². The second-order valence-electron chi connectivity index (χ2n) is 3.52. The lowest BCUT2D eigenvalue weighted by Crippen LogP contribution is -2.33. The van der Waals surface area contributed by atoms with E-state index < -0.39 is 0 Å². The first kappa shape index (κ1) is 10.3. The van der Waals surface area contributed by atoms with Crippen LogP contribution in [0.25, 0.3) is 0 Å². The Bertz CT molecular complexity index is 395. The number of amidine groups is 1. The van der Waals surface area contributed by atoms with Gasteiger partial charge in [-0.25, -0.2) is 0 Å². The summed E-state index contributed by atoms with van der Waals surface area (Å²) in [6.45, 7) is 4.21. The van der Waals surface area contributed by atoms with Crippen LogP contribution in [0.15, 0.2) is 33.8 Å². The number of fused-ring (bicyclic) bond motifs is 1. The van der Waals surface area contributed by atoms with Crippen molar-refractivity contribution in [3.63, 3.8) is 0 Å². The van der Waals surface area contributed by atoms with E-state index >= 15 is 0 Å². The molecule has 0 radical (unpaired) electrons. The molecule has 0 aliphatic carbocycles. The maximum Gasteiger partial charge on any atom is 0.292 e. The molecule has 0 N–H and O–H groups in total. The molecule has 0 aromatic carbocycles. The van der Waals surface area contributed by atoms with Crippen LogP contribution in [-0.2, 0) is 0 Å². The second-order valence-corrected chi connectivity index (χ2v) is 5.02. The number of halogens is 2. The summed E-state index contributed by atoms with van der Waals surface area (Å²) < 4.78 is 1.00. The third-order valence-corrected chi connectivity index (χ3v) is 3.94. The van der Waals surface area contributed by atoms with E-state index in [0.717, 1.165) is 15.2 Å².